The molecule has 0 fully saturated rings. The number of likely N-dealkylation sites (N-methyl/N-ethyl adjacent to an activating group) is 1. The van der Waals surface area contributed by atoms with Gasteiger partial charge in [-0.25, -0.2) is 4.98 Å². The van der Waals surface area contributed by atoms with Gasteiger partial charge in [0.05, 0.1) is 11.2 Å². The van der Waals surface area contributed by atoms with Crippen LogP contribution in [0.1, 0.15) is 0 Å². The van der Waals surface area contributed by atoms with Gasteiger partial charge in [-0.05, 0) is 56.6 Å². The number of ether oxygens (including phenoxy) is 1. The molecular weight excluding hydrogens is 328 g/mol. The predicted molar refractivity (Wildman–Crippen MR) is 101 cm³/mol. The number of benzene rings is 2. The number of H-pyrrole nitrogens is 2. The van der Waals surface area contributed by atoms with Crippen molar-refractivity contribution in [3.05, 3.63) is 48.8 Å². The molecule has 0 spiro atoms. The molecule has 0 bridgehead atoms. The minimum atomic E-state index is 0.665. The van der Waals surface area contributed by atoms with Crippen LogP contribution < -0.4 is 4.74 Å². The second kappa shape index (κ2) is 6.97. The van der Waals surface area contributed by atoms with Crippen LogP contribution in [0.4, 0.5) is 0 Å². The highest BCUT2D eigenvalue weighted by atomic mass is 16.5. The zero-order valence-corrected chi connectivity index (χ0v) is 14.7. The summed E-state index contributed by atoms with van der Waals surface area (Å²) >= 11 is 0. The molecule has 0 saturated carbocycles. The van der Waals surface area contributed by atoms with Gasteiger partial charge in [0.2, 0.25) is 0 Å². The summed E-state index contributed by atoms with van der Waals surface area (Å²) < 4.78 is 5.76. The summed E-state index contributed by atoms with van der Waals surface area (Å²) in [6.45, 7) is 1.55. The Labute approximate surface area is 151 Å². The normalized spacial score (nSPS) is 11.3. The fraction of sp³-hybridized carbons (Fsp3) is 0.211. The van der Waals surface area contributed by atoms with Gasteiger partial charge in [-0.15, -0.1) is 0 Å². The fourth-order valence-electron chi connectivity index (χ4n) is 2.78. The molecule has 0 atom stereocenters. The van der Waals surface area contributed by atoms with Crippen LogP contribution in [0, 0.1) is 0 Å². The quantitative estimate of drug-likeness (QED) is 0.560. The van der Waals surface area contributed by atoms with E-state index < -0.39 is 0 Å². The predicted octanol–water partition coefficient (Wildman–Crippen LogP) is 2.96. The highest BCUT2D eigenvalue weighted by Crippen LogP contribution is 2.30. The summed E-state index contributed by atoms with van der Waals surface area (Å²) in [6.07, 6.45) is 1.50. The van der Waals surface area contributed by atoms with Crippen molar-refractivity contribution in [3.8, 4) is 28.4 Å². The van der Waals surface area contributed by atoms with E-state index in [0.29, 0.717) is 6.61 Å². The van der Waals surface area contributed by atoms with E-state index in [-0.39, 0.29) is 0 Å². The fourth-order valence-corrected chi connectivity index (χ4v) is 2.78. The number of hydrogen-bond donors (Lipinski definition) is 2. The van der Waals surface area contributed by atoms with E-state index in [1.807, 2.05) is 50.5 Å². The monoisotopic (exact) mass is 348 g/mol. The Balaban J connectivity index is 1.61. The lowest BCUT2D eigenvalue weighted by Crippen LogP contribution is -2.19. The molecule has 2 aromatic heterocycles. The second-order valence-corrected chi connectivity index (χ2v) is 6.34. The number of aromatic nitrogens is 5. The molecular formula is C19H20N6O. The van der Waals surface area contributed by atoms with Crippen molar-refractivity contribution >= 4 is 10.9 Å². The molecule has 2 N–H and O–H groups in total. The zero-order valence-electron chi connectivity index (χ0n) is 14.7. The van der Waals surface area contributed by atoms with Gasteiger partial charge in [0, 0.05) is 23.1 Å². The van der Waals surface area contributed by atoms with E-state index in [4.69, 9.17) is 4.74 Å². The second-order valence-electron chi connectivity index (χ2n) is 6.34. The number of rotatable bonds is 6. The van der Waals surface area contributed by atoms with E-state index in [1.165, 1.54) is 6.33 Å². The van der Waals surface area contributed by atoms with E-state index >= 15 is 0 Å². The van der Waals surface area contributed by atoms with E-state index in [2.05, 4.69) is 36.3 Å². The number of hydrogen-bond acceptors (Lipinski definition) is 5. The summed E-state index contributed by atoms with van der Waals surface area (Å²) in [7, 11) is 4.06. The molecule has 0 saturated heterocycles. The van der Waals surface area contributed by atoms with Gasteiger partial charge in [0.1, 0.15) is 18.7 Å². The van der Waals surface area contributed by atoms with Gasteiger partial charge in [0.15, 0.2) is 5.82 Å². The first-order chi connectivity index (χ1) is 12.7. The lowest BCUT2D eigenvalue weighted by molar-refractivity contribution is 0.261. The third-order valence-corrected chi connectivity index (χ3v) is 4.19. The van der Waals surface area contributed by atoms with Gasteiger partial charge >= 0.3 is 0 Å². The van der Waals surface area contributed by atoms with Crippen molar-refractivity contribution < 1.29 is 4.74 Å². The minimum Gasteiger partial charge on any atom is -0.492 e. The van der Waals surface area contributed by atoms with Crippen molar-refractivity contribution in [2.45, 2.75) is 0 Å². The van der Waals surface area contributed by atoms with Crippen molar-refractivity contribution in [1.29, 1.82) is 0 Å². The molecule has 2 heterocycles. The van der Waals surface area contributed by atoms with Crippen LogP contribution in [0.5, 0.6) is 5.75 Å². The van der Waals surface area contributed by atoms with Crippen LogP contribution in [0.2, 0.25) is 0 Å². The van der Waals surface area contributed by atoms with Gasteiger partial charge in [-0.3, -0.25) is 10.2 Å². The third-order valence-electron chi connectivity index (χ3n) is 4.19. The Morgan fingerprint density at radius 2 is 1.81 bits per heavy atom. The number of nitrogens with one attached hydrogen (secondary N) is 2. The molecule has 4 aromatic rings. The molecule has 0 amide bonds. The summed E-state index contributed by atoms with van der Waals surface area (Å²) in [5.74, 6) is 1.60. The molecule has 7 nitrogen and oxygen atoms in total. The van der Waals surface area contributed by atoms with Crippen LogP contribution in [0.3, 0.4) is 0 Å². The van der Waals surface area contributed by atoms with Crippen LogP contribution >= 0.6 is 0 Å². The molecule has 26 heavy (non-hydrogen) atoms. The lowest BCUT2D eigenvalue weighted by Gasteiger charge is -2.11. The van der Waals surface area contributed by atoms with Gasteiger partial charge in [-0.2, -0.15) is 10.2 Å². The summed E-state index contributed by atoms with van der Waals surface area (Å²) in [5, 5.41) is 15.4. The topological polar surface area (TPSA) is 82.7 Å². The maximum absolute atomic E-state index is 5.76. The smallest absolute Gasteiger partial charge is 0.155 e. The van der Waals surface area contributed by atoms with Crippen LogP contribution in [0.25, 0.3) is 33.5 Å². The van der Waals surface area contributed by atoms with Crippen LogP contribution in [-0.2, 0) is 0 Å². The molecule has 0 aliphatic heterocycles. The van der Waals surface area contributed by atoms with Crippen molar-refractivity contribution in [2.24, 2.45) is 0 Å². The van der Waals surface area contributed by atoms with Gasteiger partial charge in [0.25, 0.3) is 0 Å². The van der Waals surface area contributed by atoms with Crippen LogP contribution in [0.15, 0.2) is 48.8 Å². The van der Waals surface area contributed by atoms with E-state index in [0.717, 1.165) is 45.8 Å². The number of nitrogens with zero attached hydrogens (tertiary/aromatic N) is 4. The Hall–Kier alpha value is -3.19. The standard InChI is InChI=1S/C19H20N6O/c1-25(2)9-10-26-15-6-3-13(4-7-15)18-16-11-14(19-20-12-21-24-19)5-8-17(16)22-23-18/h3-8,11-12H,9-10H2,1-2H3,(H,22,23)(H,20,21,24). The molecule has 0 unspecified atom stereocenters. The Morgan fingerprint density at radius 3 is 2.54 bits per heavy atom. The highest BCUT2D eigenvalue weighted by molar-refractivity contribution is 5.95. The molecule has 7 heteroatoms. The van der Waals surface area contributed by atoms with Gasteiger partial charge < -0.3 is 9.64 Å². The third kappa shape index (κ3) is 3.29. The molecule has 132 valence electrons. The van der Waals surface area contributed by atoms with Crippen LogP contribution in [-0.4, -0.2) is 57.5 Å². The largest absolute Gasteiger partial charge is 0.492 e. The van der Waals surface area contributed by atoms with Crippen molar-refractivity contribution in [1.82, 2.24) is 30.3 Å². The molecule has 2 aromatic carbocycles. The Kier molecular flexibility index (Phi) is 4.37. The summed E-state index contributed by atoms with van der Waals surface area (Å²) in [5.41, 5.74) is 3.89. The maximum atomic E-state index is 5.76. The number of aromatic amines is 2. The first-order valence-electron chi connectivity index (χ1n) is 8.42. The summed E-state index contributed by atoms with van der Waals surface area (Å²) in [6, 6.07) is 14.1. The lowest BCUT2D eigenvalue weighted by atomic mass is 10.1. The average Bonchev–Trinajstić information content (AvgIpc) is 3.31. The first-order valence-corrected chi connectivity index (χ1v) is 8.42. The Bertz CT molecular complexity index is 989. The molecule has 0 aliphatic rings. The SMILES string of the molecule is CN(C)CCOc1ccc(-c2n[nH]c3ccc(-c4ncn[nH]4)cc23)cc1. The maximum Gasteiger partial charge on any atom is 0.155 e. The minimum absolute atomic E-state index is 0.665. The molecule has 0 radical (unpaired) electrons. The molecule has 0 aliphatic carbocycles. The highest BCUT2D eigenvalue weighted by Gasteiger charge is 2.11. The van der Waals surface area contributed by atoms with Crippen molar-refractivity contribution in [3.63, 3.8) is 0 Å². The average molecular weight is 348 g/mol. The first kappa shape index (κ1) is 16.3. The number of fused-ring (bicyclic) bond motifs is 1. The summed E-state index contributed by atoms with van der Waals surface area (Å²) in [4.78, 5) is 6.31. The van der Waals surface area contributed by atoms with E-state index in [1.54, 1.807) is 0 Å². The van der Waals surface area contributed by atoms with Crippen molar-refractivity contribution in [2.75, 3.05) is 27.2 Å². The van der Waals surface area contributed by atoms with E-state index in [9.17, 15) is 0 Å². The zero-order chi connectivity index (χ0) is 17.9. The molecule has 4 rings (SSSR count). The Morgan fingerprint density at radius 1 is 1.00 bits per heavy atom. The van der Waals surface area contributed by atoms with Gasteiger partial charge in [-0.1, -0.05) is 0 Å².